The van der Waals surface area contributed by atoms with Crippen molar-refractivity contribution in [3.05, 3.63) is 35.6 Å². The van der Waals surface area contributed by atoms with Crippen LogP contribution in [-0.2, 0) is 6.42 Å². The molecule has 2 aromatic rings. The van der Waals surface area contributed by atoms with Gasteiger partial charge in [-0.25, -0.2) is 4.98 Å². The van der Waals surface area contributed by atoms with Gasteiger partial charge < -0.3 is 20.1 Å². The normalized spacial score (nSPS) is 12.4. The standard InChI is InChI=1S/C11H14N4O3/c1-17-10-3-2-7(5-13-10)4-9-14-11(18-15-9)8(12)6-16/h2-3,5,8,16H,4,6,12H2,1H3/t8-/m1/s1. The third kappa shape index (κ3) is 2.82. The smallest absolute Gasteiger partial charge is 0.245 e. The molecule has 18 heavy (non-hydrogen) atoms. The average molecular weight is 250 g/mol. The summed E-state index contributed by atoms with van der Waals surface area (Å²) in [5.41, 5.74) is 6.49. The van der Waals surface area contributed by atoms with Crippen LogP contribution in [0.1, 0.15) is 23.3 Å². The maximum absolute atomic E-state index is 8.87. The molecule has 2 aromatic heterocycles. The van der Waals surface area contributed by atoms with Gasteiger partial charge in [0, 0.05) is 18.7 Å². The molecule has 3 N–H and O–H groups in total. The first-order chi connectivity index (χ1) is 8.72. The van der Waals surface area contributed by atoms with Crippen molar-refractivity contribution < 1.29 is 14.4 Å². The first-order valence-corrected chi connectivity index (χ1v) is 5.40. The molecule has 7 nitrogen and oxygen atoms in total. The highest BCUT2D eigenvalue weighted by Gasteiger charge is 2.13. The van der Waals surface area contributed by atoms with Gasteiger partial charge in [0.1, 0.15) is 6.04 Å². The van der Waals surface area contributed by atoms with E-state index in [0.29, 0.717) is 18.1 Å². The lowest BCUT2D eigenvalue weighted by atomic mass is 10.2. The summed E-state index contributed by atoms with van der Waals surface area (Å²) in [7, 11) is 1.56. The van der Waals surface area contributed by atoms with Gasteiger partial charge in [0.25, 0.3) is 0 Å². The Hall–Kier alpha value is -1.99. The molecule has 0 bridgehead atoms. The number of aliphatic hydroxyl groups is 1. The van der Waals surface area contributed by atoms with Crippen LogP contribution in [0, 0.1) is 0 Å². The van der Waals surface area contributed by atoms with Crippen LogP contribution >= 0.6 is 0 Å². The van der Waals surface area contributed by atoms with Crippen molar-refractivity contribution in [2.75, 3.05) is 13.7 Å². The Balaban J connectivity index is 2.06. The van der Waals surface area contributed by atoms with Crippen LogP contribution in [0.3, 0.4) is 0 Å². The highest BCUT2D eigenvalue weighted by molar-refractivity contribution is 5.20. The van der Waals surface area contributed by atoms with E-state index < -0.39 is 6.04 Å². The fourth-order valence-electron chi connectivity index (χ4n) is 1.39. The second-order valence-electron chi connectivity index (χ2n) is 3.72. The number of rotatable bonds is 5. The Morgan fingerprint density at radius 1 is 1.50 bits per heavy atom. The maximum Gasteiger partial charge on any atom is 0.245 e. The quantitative estimate of drug-likeness (QED) is 0.772. The molecule has 0 aliphatic carbocycles. The predicted molar refractivity (Wildman–Crippen MR) is 61.9 cm³/mol. The predicted octanol–water partition coefficient (Wildman–Crippen LogP) is 0.0561. The van der Waals surface area contributed by atoms with Crippen molar-refractivity contribution in [3.63, 3.8) is 0 Å². The van der Waals surface area contributed by atoms with Gasteiger partial charge in [-0.1, -0.05) is 11.2 Å². The van der Waals surface area contributed by atoms with Gasteiger partial charge in [-0.05, 0) is 5.56 Å². The van der Waals surface area contributed by atoms with Gasteiger partial charge in [0.15, 0.2) is 5.82 Å². The minimum atomic E-state index is -0.639. The van der Waals surface area contributed by atoms with Crippen molar-refractivity contribution in [2.24, 2.45) is 5.73 Å². The van der Waals surface area contributed by atoms with E-state index in [4.69, 9.17) is 20.1 Å². The lowest BCUT2D eigenvalue weighted by Gasteiger charge is -2.00. The Morgan fingerprint density at radius 3 is 2.94 bits per heavy atom. The van der Waals surface area contributed by atoms with E-state index in [0.717, 1.165) is 5.56 Å². The number of methoxy groups -OCH3 is 1. The van der Waals surface area contributed by atoms with Crippen molar-refractivity contribution in [1.29, 1.82) is 0 Å². The van der Waals surface area contributed by atoms with Gasteiger partial charge in [-0.3, -0.25) is 0 Å². The third-order valence-corrected chi connectivity index (χ3v) is 2.37. The van der Waals surface area contributed by atoms with Crippen molar-refractivity contribution in [2.45, 2.75) is 12.5 Å². The molecule has 0 saturated carbocycles. The van der Waals surface area contributed by atoms with Gasteiger partial charge in [-0.15, -0.1) is 0 Å². The molecule has 0 aromatic carbocycles. The van der Waals surface area contributed by atoms with E-state index in [1.807, 2.05) is 6.07 Å². The van der Waals surface area contributed by atoms with Crippen LogP contribution in [0.4, 0.5) is 0 Å². The SMILES string of the molecule is COc1ccc(Cc2noc([C@H](N)CO)n2)cn1. The number of nitrogens with two attached hydrogens (primary N) is 1. The summed E-state index contributed by atoms with van der Waals surface area (Å²) in [6.45, 7) is -0.230. The zero-order valence-corrected chi connectivity index (χ0v) is 9.91. The van der Waals surface area contributed by atoms with Crippen molar-refractivity contribution in [1.82, 2.24) is 15.1 Å². The lowest BCUT2D eigenvalue weighted by molar-refractivity contribution is 0.236. The van der Waals surface area contributed by atoms with Crippen LogP contribution in [-0.4, -0.2) is 33.9 Å². The molecule has 0 radical (unpaired) electrons. The zero-order chi connectivity index (χ0) is 13.0. The highest BCUT2D eigenvalue weighted by atomic mass is 16.5. The molecule has 0 fully saturated rings. The molecule has 0 unspecified atom stereocenters. The van der Waals surface area contributed by atoms with Crippen LogP contribution in [0.5, 0.6) is 5.88 Å². The summed E-state index contributed by atoms with van der Waals surface area (Å²) in [6.07, 6.45) is 2.17. The zero-order valence-electron chi connectivity index (χ0n) is 9.91. The molecular formula is C11H14N4O3. The van der Waals surface area contributed by atoms with Gasteiger partial charge >= 0.3 is 0 Å². The fraction of sp³-hybridized carbons (Fsp3) is 0.364. The lowest BCUT2D eigenvalue weighted by Crippen LogP contribution is -2.14. The number of pyridine rings is 1. The number of nitrogens with zero attached hydrogens (tertiary/aromatic N) is 3. The van der Waals surface area contributed by atoms with Crippen LogP contribution < -0.4 is 10.5 Å². The molecule has 0 saturated heterocycles. The molecule has 2 heterocycles. The van der Waals surface area contributed by atoms with Crippen molar-refractivity contribution >= 4 is 0 Å². The number of hydrogen-bond acceptors (Lipinski definition) is 7. The molecule has 2 rings (SSSR count). The molecule has 96 valence electrons. The molecular weight excluding hydrogens is 236 g/mol. The van der Waals surface area contributed by atoms with E-state index in [2.05, 4.69) is 15.1 Å². The summed E-state index contributed by atoms with van der Waals surface area (Å²) in [5, 5.41) is 12.7. The monoisotopic (exact) mass is 250 g/mol. The molecule has 1 atom stereocenters. The second-order valence-corrected chi connectivity index (χ2v) is 3.72. The minimum Gasteiger partial charge on any atom is -0.481 e. The third-order valence-electron chi connectivity index (χ3n) is 2.37. The summed E-state index contributed by atoms with van der Waals surface area (Å²) in [4.78, 5) is 8.18. The fourth-order valence-corrected chi connectivity index (χ4v) is 1.39. The van der Waals surface area contributed by atoms with E-state index in [1.54, 1.807) is 19.4 Å². The van der Waals surface area contributed by atoms with E-state index >= 15 is 0 Å². The summed E-state index contributed by atoms with van der Waals surface area (Å²) in [5.74, 6) is 1.28. The van der Waals surface area contributed by atoms with Crippen LogP contribution in [0.15, 0.2) is 22.9 Å². The minimum absolute atomic E-state index is 0.230. The molecule has 0 aliphatic rings. The Bertz CT molecular complexity index is 497. The summed E-state index contributed by atoms with van der Waals surface area (Å²) >= 11 is 0. The van der Waals surface area contributed by atoms with E-state index in [9.17, 15) is 0 Å². The highest BCUT2D eigenvalue weighted by Crippen LogP contribution is 2.12. The molecule has 7 heteroatoms. The largest absolute Gasteiger partial charge is 0.481 e. The first-order valence-electron chi connectivity index (χ1n) is 5.40. The first kappa shape index (κ1) is 12.5. The Kier molecular flexibility index (Phi) is 3.85. The van der Waals surface area contributed by atoms with Crippen LogP contribution in [0.2, 0.25) is 0 Å². The van der Waals surface area contributed by atoms with Gasteiger partial charge in [0.05, 0.1) is 13.7 Å². The molecule has 0 aliphatic heterocycles. The number of ether oxygens (including phenoxy) is 1. The van der Waals surface area contributed by atoms with E-state index in [-0.39, 0.29) is 12.5 Å². The molecule has 0 spiro atoms. The van der Waals surface area contributed by atoms with Crippen molar-refractivity contribution in [3.8, 4) is 5.88 Å². The van der Waals surface area contributed by atoms with Gasteiger partial charge in [-0.2, -0.15) is 4.98 Å². The van der Waals surface area contributed by atoms with Gasteiger partial charge in [0.2, 0.25) is 11.8 Å². The number of hydrogen-bond donors (Lipinski definition) is 2. The summed E-state index contributed by atoms with van der Waals surface area (Å²) in [6, 6.07) is 2.99. The topological polar surface area (TPSA) is 107 Å². The van der Waals surface area contributed by atoms with Crippen LogP contribution in [0.25, 0.3) is 0 Å². The Labute approximate surface area is 104 Å². The average Bonchev–Trinajstić information content (AvgIpc) is 2.87. The number of aromatic nitrogens is 3. The number of aliphatic hydroxyl groups excluding tert-OH is 1. The molecule has 0 amide bonds. The summed E-state index contributed by atoms with van der Waals surface area (Å²) < 4.78 is 9.91. The maximum atomic E-state index is 8.87. The van der Waals surface area contributed by atoms with E-state index in [1.165, 1.54) is 0 Å². The second kappa shape index (κ2) is 5.56. The Morgan fingerprint density at radius 2 is 2.33 bits per heavy atom.